The molecule has 6 heteroatoms. The molecule has 1 aromatic heterocycles. The van der Waals surface area contributed by atoms with Crippen LogP contribution in [0.4, 0.5) is 0 Å². The van der Waals surface area contributed by atoms with Gasteiger partial charge < -0.3 is 10.2 Å². The summed E-state index contributed by atoms with van der Waals surface area (Å²) in [6, 6.07) is 8.18. The Morgan fingerprint density at radius 2 is 1.74 bits per heavy atom. The summed E-state index contributed by atoms with van der Waals surface area (Å²) in [4.78, 5) is 19.9. The predicted octanol–water partition coefficient (Wildman–Crippen LogP) is 4.30. The molecule has 2 aromatic rings. The molecule has 0 atom stereocenters. The van der Waals surface area contributed by atoms with Crippen LogP contribution in [0.15, 0.2) is 24.3 Å². The predicted molar refractivity (Wildman–Crippen MR) is 115 cm³/mol. The summed E-state index contributed by atoms with van der Waals surface area (Å²) in [7, 11) is 0. The van der Waals surface area contributed by atoms with Gasteiger partial charge in [0.05, 0.1) is 16.8 Å². The molecule has 3 heterocycles. The lowest BCUT2D eigenvalue weighted by Crippen LogP contribution is -2.47. The van der Waals surface area contributed by atoms with Crippen molar-refractivity contribution in [2.75, 3.05) is 26.2 Å². The van der Waals surface area contributed by atoms with Crippen LogP contribution >= 0.6 is 24.8 Å². The fourth-order valence-electron chi connectivity index (χ4n) is 4.47. The molecule has 0 unspecified atom stereocenters. The molecule has 0 saturated carbocycles. The number of nitrogens with one attached hydrogen (secondary N) is 1. The first kappa shape index (κ1) is 21.9. The van der Waals surface area contributed by atoms with Crippen molar-refractivity contribution in [1.29, 1.82) is 0 Å². The number of fused-ring (bicyclic) bond motifs is 1. The molecule has 2 aliphatic rings. The van der Waals surface area contributed by atoms with Crippen LogP contribution in [0.25, 0.3) is 10.9 Å². The van der Waals surface area contributed by atoms with Crippen LogP contribution in [0, 0.1) is 19.3 Å². The molecule has 0 bridgehead atoms. The first-order chi connectivity index (χ1) is 12.1. The monoisotopic (exact) mass is 409 g/mol. The van der Waals surface area contributed by atoms with Crippen LogP contribution in [-0.2, 0) is 0 Å². The van der Waals surface area contributed by atoms with Crippen molar-refractivity contribution in [2.45, 2.75) is 39.5 Å². The summed E-state index contributed by atoms with van der Waals surface area (Å²) in [5.74, 6) is 0.150. The number of rotatable bonds is 1. The highest BCUT2D eigenvalue weighted by atomic mass is 35.5. The van der Waals surface area contributed by atoms with Gasteiger partial charge in [-0.15, -0.1) is 24.8 Å². The molecule has 0 aliphatic carbocycles. The molecule has 27 heavy (non-hydrogen) atoms. The van der Waals surface area contributed by atoms with E-state index in [1.54, 1.807) is 0 Å². The maximum Gasteiger partial charge on any atom is 0.255 e. The first-order valence-electron chi connectivity index (χ1n) is 9.45. The van der Waals surface area contributed by atoms with E-state index in [9.17, 15) is 4.79 Å². The number of benzene rings is 1. The normalized spacial score (nSPS) is 18.7. The van der Waals surface area contributed by atoms with Gasteiger partial charge in [0.2, 0.25) is 0 Å². The minimum Gasteiger partial charge on any atom is -0.339 e. The van der Waals surface area contributed by atoms with Gasteiger partial charge in [-0.05, 0) is 69.7 Å². The van der Waals surface area contributed by atoms with Gasteiger partial charge in [0.1, 0.15) is 0 Å². The number of aromatic nitrogens is 1. The topological polar surface area (TPSA) is 45.2 Å². The molecule has 0 radical (unpaired) electrons. The number of hydrogen-bond acceptors (Lipinski definition) is 3. The van der Waals surface area contributed by atoms with Crippen molar-refractivity contribution in [1.82, 2.24) is 15.2 Å². The van der Waals surface area contributed by atoms with Gasteiger partial charge in [0.15, 0.2) is 0 Å². The largest absolute Gasteiger partial charge is 0.339 e. The summed E-state index contributed by atoms with van der Waals surface area (Å²) in [5.41, 5.74) is 4.23. The summed E-state index contributed by atoms with van der Waals surface area (Å²) in [6.07, 6.45) is 4.79. The van der Waals surface area contributed by atoms with Gasteiger partial charge in [-0.2, -0.15) is 0 Å². The molecule has 1 aromatic carbocycles. The van der Waals surface area contributed by atoms with E-state index in [0.29, 0.717) is 5.41 Å². The fourth-order valence-corrected chi connectivity index (χ4v) is 4.47. The third-order valence-corrected chi connectivity index (χ3v) is 6.24. The highest BCUT2D eigenvalue weighted by Crippen LogP contribution is 2.39. The zero-order chi connectivity index (χ0) is 17.4. The summed E-state index contributed by atoms with van der Waals surface area (Å²) in [5, 5.41) is 4.51. The van der Waals surface area contributed by atoms with Gasteiger partial charge in [-0.3, -0.25) is 9.78 Å². The van der Waals surface area contributed by atoms with Crippen LogP contribution in [0.3, 0.4) is 0 Å². The van der Waals surface area contributed by atoms with Gasteiger partial charge in [-0.25, -0.2) is 0 Å². The summed E-state index contributed by atoms with van der Waals surface area (Å²) < 4.78 is 0. The highest BCUT2D eigenvalue weighted by molar-refractivity contribution is 5.99. The van der Waals surface area contributed by atoms with E-state index in [0.717, 1.165) is 66.7 Å². The minimum absolute atomic E-state index is 0. The number of pyridine rings is 1. The van der Waals surface area contributed by atoms with E-state index in [4.69, 9.17) is 4.98 Å². The van der Waals surface area contributed by atoms with E-state index < -0.39 is 0 Å². The Kier molecular flexibility index (Phi) is 7.12. The number of likely N-dealkylation sites (tertiary alicyclic amines) is 1. The number of aryl methyl sites for hydroxylation is 2. The van der Waals surface area contributed by atoms with Crippen LogP contribution in [0.2, 0.25) is 0 Å². The third kappa shape index (κ3) is 4.23. The smallest absolute Gasteiger partial charge is 0.255 e. The van der Waals surface area contributed by atoms with Crippen molar-refractivity contribution in [3.8, 4) is 0 Å². The highest BCUT2D eigenvalue weighted by Gasteiger charge is 2.37. The summed E-state index contributed by atoms with van der Waals surface area (Å²) in [6.45, 7) is 8.03. The number of para-hydroxylation sites is 1. The van der Waals surface area contributed by atoms with E-state index in [1.165, 1.54) is 12.8 Å². The number of carbonyl (C=O) groups is 1. The zero-order valence-corrected chi connectivity index (χ0v) is 17.7. The lowest BCUT2D eigenvalue weighted by Gasteiger charge is -2.44. The van der Waals surface area contributed by atoms with Crippen molar-refractivity contribution in [3.05, 3.63) is 41.1 Å². The number of hydrogen-bond donors (Lipinski definition) is 1. The third-order valence-electron chi connectivity index (χ3n) is 6.24. The average Bonchev–Trinajstić information content (AvgIpc) is 2.63. The molecular formula is C21H29Cl2N3O. The molecule has 1 N–H and O–H groups in total. The Morgan fingerprint density at radius 3 is 2.41 bits per heavy atom. The number of amides is 1. The molecular weight excluding hydrogens is 381 g/mol. The zero-order valence-electron chi connectivity index (χ0n) is 16.1. The molecule has 4 nitrogen and oxygen atoms in total. The van der Waals surface area contributed by atoms with Gasteiger partial charge in [-0.1, -0.05) is 18.2 Å². The van der Waals surface area contributed by atoms with Crippen molar-refractivity contribution < 1.29 is 4.79 Å². The van der Waals surface area contributed by atoms with Crippen LogP contribution in [-0.4, -0.2) is 42.0 Å². The average molecular weight is 410 g/mol. The minimum atomic E-state index is 0. The summed E-state index contributed by atoms with van der Waals surface area (Å²) >= 11 is 0. The Morgan fingerprint density at radius 1 is 1.07 bits per heavy atom. The Balaban J connectivity index is 0.00000131. The lowest BCUT2D eigenvalue weighted by atomic mass is 9.71. The molecule has 2 aliphatic heterocycles. The quantitative estimate of drug-likeness (QED) is 0.763. The van der Waals surface area contributed by atoms with Crippen LogP contribution in [0.5, 0.6) is 0 Å². The number of carbonyl (C=O) groups excluding carboxylic acids is 1. The number of nitrogens with zero attached hydrogens (tertiary/aromatic N) is 2. The fraction of sp³-hybridized carbons (Fsp3) is 0.524. The van der Waals surface area contributed by atoms with Gasteiger partial charge in [0, 0.05) is 18.5 Å². The van der Waals surface area contributed by atoms with E-state index >= 15 is 0 Å². The number of halogens is 2. The molecule has 1 amide bonds. The lowest BCUT2D eigenvalue weighted by molar-refractivity contribution is 0.0495. The van der Waals surface area contributed by atoms with E-state index in [-0.39, 0.29) is 30.7 Å². The van der Waals surface area contributed by atoms with E-state index in [1.807, 2.05) is 30.0 Å². The van der Waals surface area contributed by atoms with Crippen molar-refractivity contribution in [3.63, 3.8) is 0 Å². The van der Waals surface area contributed by atoms with Crippen molar-refractivity contribution >= 4 is 41.6 Å². The van der Waals surface area contributed by atoms with Crippen LogP contribution in [0.1, 0.15) is 47.3 Å². The molecule has 4 rings (SSSR count). The Labute approximate surface area is 173 Å². The van der Waals surface area contributed by atoms with Gasteiger partial charge >= 0.3 is 0 Å². The SMILES string of the molecule is Cc1nc2c(C)cccc2cc1C(=O)N1CCC2(CCNCC2)CC1.Cl.Cl. The van der Waals surface area contributed by atoms with E-state index in [2.05, 4.69) is 18.3 Å². The molecule has 148 valence electrons. The molecule has 2 saturated heterocycles. The second kappa shape index (κ2) is 8.76. The molecule has 2 fully saturated rings. The Hall–Kier alpha value is -1.36. The standard InChI is InChI=1S/C21H27N3O.2ClH/c1-15-4-3-5-17-14-18(16(2)23-19(15)17)20(25)24-12-8-21(9-13-24)6-10-22-11-7-21;;/h3-5,14,22H,6-13H2,1-2H3;2*1H. The van der Waals surface area contributed by atoms with Gasteiger partial charge in [0.25, 0.3) is 5.91 Å². The maximum atomic E-state index is 13.1. The second-order valence-corrected chi connectivity index (χ2v) is 7.81. The number of piperidine rings is 2. The molecule has 1 spiro atoms. The Bertz CT molecular complexity index is 808. The second-order valence-electron chi connectivity index (χ2n) is 7.81. The first-order valence-corrected chi connectivity index (χ1v) is 9.45. The maximum absolute atomic E-state index is 13.1. The van der Waals surface area contributed by atoms with Crippen LogP contribution < -0.4 is 5.32 Å². The van der Waals surface area contributed by atoms with Crippen molar-refractivity contribution in [2.24, 2.45) is 5.41 Å².